The van der Waals surface area contributed by atoms with Gasteiger partial charge in [-0.2, -0.15) is 0 Å². The molecule has 7 atom stereocenters. The van der Waals surface area contributed by atoms with Crippen LogP contribution in [0.1, 0.15) is 85.0 Å². The predicted molar refractivity (Wildman–Crippen MR) is 96.1 cm³/mol. The summed E-state index contributed by atoms with van der Waals surface area (Å²) < 4.78 is 0. The summed E-state index contributed by atoms with van der Waals surface area (Å²) in [6.45, 7) is 11.8. The van der Waals surface area contributed by atoms with E-state index in [0.29, 0.717) is 5.41 Å². The van der Waals surface area contributed by atoms with Gasteiger partial charge in [0, 0.05) is 0 Å². The predicted octanol–water partition coefficient (Wildman–Crippen LogP) is 5.73. The molecule has 0 bridgehead atoms. The first-order valence-electron chi connectivity index (χ1n) is 10.3. The molecule has 0 radical (unpaired) electrons. The standard InChI is InChI=1S/C22H36O/c1-5-22(23)13-10-19-16-14-15(2)17-8-6-7-11-20(17,3)18(16)9-12-21(19,22)4/h16-19,23H,2,5-14H2,1,3-4H3/t16-,17?,18+,19+,20+,21+,22-/m1/s1. The van der Waals surface area contributed by atoms with E-state index < -0.39 is 5.60 Å². The van der Waals surface area contributed by atoms with Gasteiger partial charge in [0.25, 0.3) is 0 Å². The summed E-state index contributed by atoms with van der Waals surface area (Å²) in [4.78, 5) is 0. The van der Waals surface area contributed by atoms with Gasteiger partial charge in [-0.05, 0) is 85.9 Å². The number of hydrogen-bond donors (Lipinski definition) is 1. The Morgan fingerprint density at radius 2 is 1.78 bits per heavy atom. The maximum absolute atomic E-state index is 11.3. The van der Waals surface area contributed by atoms with Crippen molar-refractivity contribution < 1.29 is 5.11 Å². The Morgan fingerprint density at radius 1 is 1.04 bits per heavy atom. The van der Waals surface area contributed by atoms with E-state index in [2.05, 4.69) is 27.4 Å². The van der Waals surface area contributed by atoms with Gasteiger partial charge in [0.15, 0.2) is 0 Å². The van der Waals surface area contributed by atoms with Gasteiger partial charge in [-0.1, -0.05) is 45.8 Å². The zero-order valence-corrected chi connectivity index (χ0v) is 15.5. The minimum Gasteiger partial charge on any atom is -0.389 e. The highest BCUT2D eigenvalue weighted by Gasteiger charge is 2.64. The Balaban J connectivity index is 1.70. The fourth-order valence-electron chi connectivity index (χ4n) is 8.00. The second-order valence-electron chi connectivity index (χ2n) is 9.92. The minimum atomic E-state index is -0.408. The largest absolute Gasteiger partial charge is 0.389 e. The van der Waals surface area contributed by atoms with Crippen molar-refractivity contribution in [2.45, 2.75) is 90.6 Å². The van der Waals surface area contributed by atoms with Crippen LogP contribution in [0.5, 0.6) is 0 Å². The average Bonchev–Trinajstić information content (AvgIpc) is 2.80. The Hall–Kier alpha value is -0.300. The zero-order valence-electron chi connectivity index (χ0n) is 15.5. The Kier molecular flexibility index (Phi) is 3.59. The van der Waals surface area contributed by atoms with Crippen LogP contribution in [0, 0.1) is 34.5 Å². The van der Waals surface area contributed by atoms with Gasteiger partial charge in [0.05, 0.1) is 5.60 Å². The quantitative estimate of drug-likeness (QED) is 0.613. The molecule has 0 amide bonds. The molecule has 0 aromatic heterocycles. The van der Waals surface area contributed by atoms with Gasteiger partial charge in [-0.25, -0.2) is 0 Å². The maximum atomic E-state index is 11.3. The lowest BCUT2D eigenvalue weighted by Crippen LogP contribution is -2.56. The van der Waals surface area contributed by atoms with Crippen molar-refractivity contribution in [1.29, 1.82) is 0 Å². The highest BCUT2D eigenvalue weighted by Crippen LogP contribution is 2.69. The first kappa shape index (κ1) is 16.2. The molecule has 1 N–H and O–H groups in total. The molecular weight excluding hydrogens is 280 g/mol. The third kappa shape index (κ3) is 1.95. The molecule has 4 aliphatic carbocycles. The number of rotatable bonds is 1. The lowest BCUT2D eigenvalue weighted by Gasteiger charge is -2.61. The van der Waals surface area contributed by atoms with Gasteiger partial charge in [0.1, 0.15) is 0 Å². The fourth-order valence-corrected chi connectivity index (χ4v) is 8.00. The minimum absolute atomic E-state index is 0.154. The smallest absolute Gasteiger partial charge is 0.0701 e. The number of aliphatic hydroxyl groups is 1. The van der Waals surface area contributed by atoms with E-state index in [9.17, 15) is 5.11 Å². The second-order valence-corrected chi connectivity index (χ2v) is 9.92. The van der Waals surface area contributed by atoms with E-state index in [4.69, 9.17) is 0 Å². The summed E-state index contributed by atoms with van der Waals surface area (Å²) in [6.07, 6.45) is 12.7. The molecule has 130 valence electrons. The number of fused-ring (bicyclic) bond motifs is 5. The topological polar surface area (TPSA) is 20.2 Å². The summed E-state index contributed by atoms with van der Waals surface area (Å²) in [5.41, 5.74) is 1.81. The highest BCUT2D eigenvalue weighted by molar-refractivity contribution is 5.21. The van der Waals surface area contributed by atoms with Crippen molar-refractivity contribution in [3.05, 3.63) is 12.2 Å². The molecule has 4 rings (SSSR count). The third-order valence-electron chi connectivity index (χ3n) is 9.44. The monoisotopic (exact) mass is 316 g/mol. The summed E-state index contributed by atoms with van der Waals surface area (Å²) in [7, 11) is 0. The van der Waals surface area contributed by atoms with Crippen LogP contribution in [0.15, 0.2) is 12.2 Å². The van der Waals surface area contributed by atoms with Crippen LogP contribution in [0.3, 0.4) is 0 Å². The van der Waals surface area contributed by atoms with Gasteiger partial charge in [0.2, 0.25) is 0 Å². The molecule has 0 saturated heterocycles. The van der Waals surface area contributed by atoms with Crippen molar-refractivity contribution in [2.24, 2.45) is 34.5 Å². The third-order valence-corrected chi connectivity index (χ3v) is 9.44. The molecule has 0 aromatic carbocycles. The van der Waals surface area contributed by atoms with Crippen LogP contribution in [-0.2, 0) is 0 Å². The first-order chi connectivity index (χ1) is 10.9. The Morgan fingerprint density at radius 3 is 2.52 bits per heavy atom. The van der Waals surface area contributed by atoms with Gasteiger partial charge >= 0.3 is 0 Å². The molecule has 1 unspecified atom stereocenters. The van der Waals surface area contributed by atoms with Crippen molar-refractivity contribution in [1.82, 2.24) is 0 Å². The van der Waals surface area contributed by atoms with Crippen LogP contribution in [-0.4, -0.2) is 10.7 Å². The zero-order chi connectivity index (χ0) is 16.5. The Bertz CT molecular complexity index is 508. The highest BCUT2D eigenvalue weighted by atomic mass is 16.3. The van der Waals surface area contributed by atoms with E-state index in [1.54, 1.807) is 5.57 Å². The van der Waals surface area contributed by atoms with Crippen molar-refractivity contribution >= 4 is 0 Å². The van der Waals surface area contributed by atoms with Crippen molar-refractivity contribution in [3.63, 3.8) is 0 Å². The molecule has 0 aliphatic heterocycles. The molecule has 1 heteroatoms. The Labute approximate surface area is 142 Å². The normalized spacial score (nSPS) is 55.9. The summed E-state index contributed by atoms with van der Waals surface area (Å²) in [5, 5.41) is 11.3. The molecule has 1 nitrogen and oxygen atoms in total. The van der Waals surface area contributed by atoms with E-state index in [0.717, 1.165) is 36.5 Å². The molecule has 4 fully saturated rings. The maximum Gasteiger partial charge on any atom is 0.0701 e. The second kappa shape index (κ2) is 5.10. The summed E-state index contributed by atoms with van der Waals surface area (Å²) >= 11 is 0. The van der Waals surface area contributed by atoms with E-state index in [-0.39, 0.29) is 5.41 Å². The molecule has 0 aromatic rings. The van der Waals surface area contributed by atoms with Gasteiger partial charge in [-0.3, -0.25) is 0 Å². The molecular formula is C22H36O. The van der Waals surface area contributed by atoms with Crippen LogP contribution in [0.4, 0.5) is 0 Å². The van der Waals surface area contributed by atoms with Crippen LogP contribution in [0.2, 0.25) is 0 Å². The van der Waals surface area contributed by atoms with Gasteiger partial charge in [-0.15, -0.1) is 0 Å². The van der Waals surface area contributed by atoms with Gasteiger partial charge < -0.3 is 5.11 Å². The van der Waals surface area contributed by atoms with Crippen LogP contribution >= 0.6 is 0 Å². The van der Waals surface area contributed by atoms with Crippen molar-refractivity contribution in [3.8, 4) is 0 Å². The first-order valence-corrected chi connectivity index (χ1v) is 10.3. The number of allylic oxidation sites excluding steroid dienone is 1. The van der Waals surface area contributed by atoms with Crippen molar-refractivity contribution in [2.75, 3.05) is 0 Å². The number of hydrogen-bond acceptors (Lipinski definition) is 1. The molecule has 4 aliphatic rings. The fraction of sp³-hybridized carbons (Fsp3) is 0.909. The lowest BCUT2D eigenvalue weighted by atomic mass is 9.43. The van der Waals surface area contributed by atoms with Crippen LogP contribution < -0.4 is 0 Å². The van der Waals surface area contributed by atoms with Crippen LogP contribution in [0.25, 0.3) is 0 Å². The lowest BCUT2D eigenvalue weighted by molar-refractivity contribution is -0.141. The summed E-state index contributed by atoms with van der Waals surface area (Å²) in [6, 6.07) is 0. The van der Waals surface area contributed by atoms with E-state index in [1.807, 2.05) is 0 Å². The SMILES string of the molecule is C=C1C[C@@H]2[C@H](CC[C@@]3(C)[C@H]2CC[C@]3(O)CC)[C@@]2(C)CCCCC12. The van der Waals surface area contributed by atoms with E-state index in [1.165, 1.54) is 51.4 Å². The molecule has 23 heavy (non-hydrogen) atoms. The molecule has 0 heterocycles. The van der Waals surface area contributed by atoms with E-state index >= 15 is 0 Å². The molecule has 0 spiro atoms. The molecule has 4 saturated carbocycles. The average molecular weight is 317 g/mol. The summed E-state index contributed by atoms with van der Waals surface area (Å²) in [5.74, 6) is 3.19.